The number of amides is 1. The first kappa shape index (κ1) is 15.4. The lowest BCUT2D eigenvalue weighted by Gasteiger charge is -2.14. The highest BCUT2D eigenvalue weighted by Crippen LogP contribution is 2.18. The summed E-state index contributed by atoms with van der Waals surface area (Å²) in [5, 5.41) is 7.21. The molecule has 0 spiro atoms. The van der Waals surface area contributed by atoms with Gasteiger partial charge in [0.2, 0.25) is 0 Å². The highest BCUT2D eigenvalue weighted by Gasteiger charge is 2.16. The lowest BCUT2D eigenvalue weighted by molar-refractivity contribution is -0.127. The van der Waals surface area contributed by atoms with Crippen LogP contribution in [0.4, 0.5) is 0 Å². The molecular formula is C15H17ClN2O3. The first-order valence-corrected chi connectivity index (χ1v) is 6.97. The van der Waals surface area contributed by atoms with E-state index in [0.717, 1.165) is 11.3 Å². The topological polar surface area (TPSA) is 64.4 Å². The lowest BCUT2D eigenvalue weighted by atomic mass is 10.2. The molecular weight excluding hydrogens is 292 g/mol. The molecule has 2 rings (SSSR count). The Morgan fingerprint density at radius 2 is 2.24 bits per heavy atom. The molecule has 1 N–H and O–H groups in total. The van der Waals surface area contributed by atoms with Gasteiger partial charge in [-0.2, -0.15) is 0 Å². The molecule has 0 aliphatic carbocycles. The summed E-state index contributed by atoms with van der Waals surface area (Å²) in [6, 6.07) is 6.94. The van der Waals surface area contributed by atoms with Gasteiger partial charge >= 0.3 is 0 Å². The van der Waals surface area contributed by atoms with Gasteiger partial charge in [-0.1, -0.05) is 22.8 Å². The van der Waals surface area contributed by atoms with Crippen molar-refractivity contribution in [1.82, 2.24) is 10.5 Å². The van der Waals surface area contributed by atoms with Gasteiger partial charge in [0.1, 0.15) is 11.5 Å². The number of hydrogen-bond donors (Lipinski definition) is 1. The second-order valence-corrected chi connectivity index (χ2v) is 5.17. The second-order valence-electron chi connectivity index (χ2n) is 4.74. The van der Waals surface area contributed by atoms with Gasteiger partial charge in [0, 0.05) is 17.1 Å². The van der Waals surface area contributed by atoms with Crippen molar-refractivity contribution in [3.63, 3.8) is 0 Å². The van der Waals surface area contributed by atoms with E-state index in [1.807, 2.05) is 13.8 Å². The largest absolute Gasteiger partial charge is 0.481 e. The van der Waals surface area contributed by atoms with Crippen LogP contribution >= 0.6 is 11.6 Å². The maximum atomic E-state index is 12.0. The average molecular weight is 309 g/mol. The maximum absolute atomic E-state index is 12.0. The van der Waals surface area contributed by atoms with E-state index in [0.29, 0.717) is 23.1 Å². The summed E-state index contributed by atoms with van der Waals surface area (Å²) in [6.45, 7) is 5.70. The summed E-state index contributed by atoms with van der Waals surface area (Å²) in [5.41, 5.74) is 1.66. The number of halogens is 1. The quantitative estimate of drug-likeness (QED) is 0.922. The van der Waals surface area contributed by atoms with Crippen LogP contribution < -0.4 is 10.1 Å². The number of hydrogen-bond acceptors (Lipinski definition) is 4. The van der Waals surface area contributed by atoms with E-state index in [2.05, 4.69) is 10.5 Å². The molecule has 0 saturated heterocycles. The van der Waals surface area contributed by atoms with Gasteiger partial charge in [-0.15, -0.1) is 0 Å². The van der Waals surface area contributed by atoms with Gasteiger partial charge in [0.05, 0.1) is 5.69 Å². The molecule has 21 heavy (non-hydrogen) atoms. The van der Waals surface area contributed by atoms with Crippen molar-refractivity contribution in [3.8, 4) is 5.75 Å². The molecule has 1 amide bonds. The SMILES string of the molecule is Cc1noc(C)c1CNC(=O)C(C)Oc1cccc(Cl)c1. The molecule has 2 aromatic rings. The Balaban J connectivity index is 1.91. The number of carbonyl (C=O) groups excluding carboxylic acids is 1. The first-order chi connectivity index (χ1) is 9.97. The molecule has 0 aliphatic rings. The highest BCUT2D eigenvalue weighted by atomic mass is 35.5. The van der Waals surface area contributed by atoms with Crippen LogP contribution in [0.3, 0.4) is 0 Å². The van der Waals surface area contributed by atoms with Crippen molar-refractivity contribution < 1.29 is 14.1 Å². The van der Waals surface area contributed by atoms with Crippen LogP contribution in [0.2, 0.25) is 5.02 Å². The minimum Gasteiger partial charge on any atom is -0.481 e. The predicted molar refractivity (Wildman–Crippen MR) is 79.4 cm³/mol. The van der Waals surface area contributed by atoms with Crippen LogP contribution in [-0.4, -0.2) is 17.2 Å². The molecule has 1 aromatic carbocycles. The fourth-order valence-electron chi connectivity index (χ4n) is 1.87. The maximum Gasteiger partial charge on any atom is 0.261 e. The third-order valence-electron chi connectivity index (χ3n) is 3.10. The predicted octanol–water partition coefficient (Wildman–Crippen LogP) is 3.03. The van der Waals surface area contributed by atoms with E-state index in [1.165, 1.54) is 0 Å². The van der Waals surface area contributed by atoms with E-state index in [-0.39, 0.29) is 5.91 Å². The van der Waals surface area contributed by atoms with Gasteiger partial charge < -0.3 is 14.6 Å². The van der Waals surface area contributed by atoms with Gasteiger partial charge in [-0.05, 0) is 39.0 Å². The molecule has 1 heterocycles. The number of aromatic nitrogens is 1. The lowest BCUT2D eigenvalue weighted by Crippen LogP contribution is -2.36. The normalized spacial score (nSPS) is 12.0. The zero-order valence-electron chi connectivity index (χ0n) is 12.1. The summed E-state index contributed by atoms with van der Waals surface area (Å²) in [4.78, 5) is 12.0. The molecule has 0 saturated carbocycles. The average Bonchev–Trinajstić information content (AvgIpc) is 2.75. The number of ether oxygens (including phenoxy) is 1. The summed E-state index contributed by atoms with van der Waals surface area (Å²) in [5.74, 6) is 1.05. The Hall–Kier alpha value is -2.01. The number of nitrogens with one attached hydrogen (secondary N) is 1. The highest BCUT2D eigenvalue weighted by molar-refractivity contribution is 6.30. The van der Waals surface area contributed by atoms with Gasteiger partial charge in [-0.3, -0.25) is 4.79 Å². The van der Waals surface area contributed by atoms with Gasteiger partial charge in [0.25, 0.3) is 5.91 Å². The molecule has 112 valence electrons. The first-order valence-electron chi connectivity index (χ1n) is 6.59. The summed E-state index contributed by atoms with van der Waals surface area (Å²) in [6.07, 6.45) is -0.621. The summed E-state index contributed by atoms with van der Waals surface area (Å²) in [7, 11) is 0. The zero-order valence-corrected chi connectivity index (χ0v) is 12.9. The van der Waals surface area contributed by atoms with Crippen LogP contribution in [0.25, 0.3) is 0 Å². The third-order valence-corrected chi connectivity index (χ3v) is 3.33. The van der Waals surface area contributed by atoms with E-state index in [9.17, 15) is 4.79 Å². The number of nitrogens with zero attached hydrogens (tertiary/aromatic N) is 1. The van der Waals surface area contributed by atoms with Crippen LogP contribution in [0, 0.1) is 13.8 Å². The van der Waals surface area contributed by atoms with Crippen LogP contribution in [0.5, 0.6) is 5.75 Å². The van der Waals surface area contributed by atoms with E-state index in [1.54, 1.807) is 31.2 Å². The summed E-state index contributed by atoms with van der Waals surface area (Å²) >= 11 is 5.87. The van der Waals surface area contributed by atoms with Crippen LogP contribution in [0.15, 0.2) is 28.8 Å². The molecule has 0 bridgehead atoms. The minimum absolute atomic E-state index is 0.213. The standard InChI is InChI=1S/C15H17ClN2O3/c1-9-14(10(2)21-18-9)8-17-15(19)11(3)20-13-6-4-5-12(16)7-13/h4-7,11H,8H2,1-3H3,(H,17,19). The van der Waals surface area contributed by atoms with Crippen molar-refractivity contribution >= 4 is 17.5 Å². The number of aryl methyl sites for hydroxylation is 2. The second kappa shape index (κ2) is 6.63. The fourth-order valence-corrected chi connectivity index (χ4v) is 2.05. The van der Waals surface area contributed by atoms with Crippen molar-refractivity contribution in [2.75, 3.05) is 0 Å². The minimum atomic E-state index is -0.621. The molecule has 0 aliphatic heterocycles. The van der Waals surface area contributed by atoms with Crippen molar-refractivity contribution in [1.29, 1.82) is 0 Å². The molecule has 1 unspecified atom stereocenters. The smallest absolute Gasteiger partial charge is 0.261 e. The Kier molecular flexibility index (Phi) is 4.85. The third kappa shape index (κ3) is 3.98. The molecule has 6 heteroatoms. The molecule has 5 nitrogen and oxygen atoms in total. The van der Waals surface area contributed by atoms with Crippen LogP contribution in [0.1, 0.15) is 23.9 Å². The van der Waals surface area contributed by atoms with Crippen LogP contribution in [-0.2, 0) is 11.3 Å². The number of rotatable bonds is 5. The number of carbonyl (C=O) groups is 1. The Morgan fingerprint density at radius 3 is 2.86 bits per heavy atom. The summed E-state index contributed by atoms with van der Waals surface area (Å²) < 4.78 is 10.6. The Morgan fingerprint density at radius 1 is 1.48 bits per heavy atom. The Bertz CT molecular complexity index is 620. The van der Waals surface area contributed by atoms with E-state index >= 15 is 0 Å². The molecule has 0 radical (unpaired) electrons. The molecule has 1 atom stereocenters. The van der Waals surface area contributed by atoms with E-state index in [4.69, 9.17) is 20.9 Å². The Labute approximate surface area is 128 Å². The molecule has 1 aromatic heterocycles. The monoisotopic (exact) mass is 308 g/mol. The fraction of sp³-hybridized carbons (Fsp3) is 0.333. The van der Waals surface area contributed by atoms with Crippen molar-refractivity contribution in [2.24, 2.45) is 0 Å². The van der Waals surface area contributed by atoms with Gasteiger partial charge in [-0.25, -0.2) is 0 Å². The van der Waals surface area contributed by atoms with Crippen molar-refractivity contribution in [3.05, 3.63) is 46.3 Å². The van der Waals surface area contributed by atoms with Crippen molar-refractivity contribution in [2.45, 2.75) is 33.4 Å². The zero-order chi connectivity index (χ0) is 15.4. The van der Waals surface area contributed by atoms with Gasteiger partial charge in [0.15, 0.2) is 6.10 Å². The van der Waals surface area contributed by atoms with E-state index < -0.39 is 6.10 Å². The number of benzene rings is 1. The molecule has 0 fully saturated rings.